The fourth-order valence-electron chi connectivity index (χ4n) is 3.74. The van der Waals surface area contributed by atoms with E-state index in [1.54, 1.807) is 37.5 Å². The number of hydrogen-bond acceptors (Lipinski definition) is 10. The lowest BCUT2D eigenvalue weighted by molar-refractivity contribution is 0.0568. The van der Waals surface area contributed by atoms with Gasteiger partial charge in [0, 0.05) is 19.5 Å². The van der Waals surface area contributed by atoms with Crippen LogP contribution in [0, 0.1) is 6.92 Å². The monoisotopic (exact) mass is 548 g/mol. The standard InChI is InChI=1S/C23H26F2N8O4S/c1-13-11-27-16(12-26-13)20(37-5)14(2)38(34)31-23-29-28-21(15-9-10-32(30-15)22(24)25)33(23)19-17(35-3)7-6-8-18(19)36-4/h6-12,14,20,22H,1-5H3,(H,29,31). The van der Waals surface area contributed by atoms with Crippen molar-refractivity contribution in [3.63, 3.8) is 0 Å². The molecule has 1 N–H and O–H groups in total. The Morgan fingerprint density at radius 2 is 1.74 bits per heavy atom. The Kier molecular flexibility index (Phi) is 8.38. The molecule has 38 heavy (non-hydrogen) atoms. The normalized spacial score (nSPS) is 13.8. The number of nitrogens with zero attached hydrogens (tertiary/aromatic N) is 7. The maximum atomic E-state index is 13.5. The van der Waals surface area contributed by atoms with Crippen molar-refractivity contribution in [3.05, 3.63) is 54.2 Å². The van der Waals surface area contributed by atoms with E-state index < -0.39 is 29.3 Å². The Morgan fingerprint density at radius 1 is 1.03 bits per heavy atom. The molecule has 4 aromatic rings. The first-order valence-corrected chi connectivity index (χ1v) is 12.5. The molecule has 0 aliphatic carbocycles. The van der Waals surface area contributed by atoms with E-state index in [0.717, 1.165) is 11.9 Å². The van der Waals surface area contributed by atoms with E-state index in [0.29, 0.717) is 27.6 Å². The maximum absolute atomic E-state index is 13.5. The van der Waals surface area contributed by atoms with E-state index >= 15 is 0 Å². The summed E-state index contributed by atoms with van der Waals surface area (Å²) in [5, 5.41) is 11.6. The molecule has 3 atom stereocenters. The second-order valence-corrected chi connectivity index (χ2v) is 9.54. The Labute approximate surface area is 220 Å². The van der Waals surface area contributed by atoms with Gasteiger partial charge in [0.15, 0.2) is 11.1 Å². The van der Waals surface area contributed by atoms with Gasteiger partial charge in [0.1, 0.15) is 29.0 Å². The zero-order chi connectivity index (χ0) is 27.4. The largest absolute Gasteiger partial charge is 0.593 e. The summed E-state index contributed by atoms with van der Waals surface area (Å²) in [6.45, 7) is 0.680. The molecule has 15 heteroatoms. The van der Waals surface area contributed by atoms with E-state index in [1.807, 2.05) is 6.92 Å². The van der Waals surface area contributed by atoms with Crippen LogP contribution < -0.4 is 14.2 Å². The van der Waals surface area contributed by atoms with E-state index in [2.05, 4.69) is 30.0 Å². The summed E-state index contributed by atoms with van der Waals surface area (Å²) in [5.41, 5.74) is 1.69. The highest BCUT2D eigenvalue weighted by molar-refractivity contribution is 7.93. The molecule has 4 rings (SSSR count). The van der Waals surface area contributed by atoms with Gasteiger partial charge in [-0.25, -0.2) is 9.25 Å². The minimum atomic E-state index is -2.84. The number of rotatable bonds is 11. The molecule has 0 aliphatic heterocycles. The van der Waals surface area contributed by atoms with Gasteiger partial charge in [0.05, 0.1) is 43.2 Å². The number of anilines is 1. The Morgan fingerprint density at radius 3 is 2.29 bits per heavy atom. The molecule has 0 aliphatic rings. The lowest BCUT2D eigenvalue weighted by Crippen LogP contribution is -2.33. The highest BCUT2D eigenvalue weighted by atomic mass is 32.2. The second-order valence-electron chi connectivity index (χ2n) is 8.00. The maximum Gasteiger partial charge on any atom is 0.333 e. The Hall–Kier alpha value is -3.82. The molecule has 3 unspecified atom stereocenters. The number of alkyl halides is 2. The van der Waals surface area contributed by atoms with Crippen molar-refractivity contribution >= 4 is 17.3 Å². The lowest BCUT2D eigenvalue weighted by atomic mass is 10.2. The van der Waals surface area contributed by atoms with Crippen molar-refractivity contribution in [1.29, 1.82) is 0 Å². The van der Waals surface area contributed by atoms with E-state index in [-0.39, 0.29) is 17.5 Å². The first-order valence-electron chi connectivity index (χ1n) is 11.3. The highest BCUT2D eigenvalue weighted by Gasteiger charge is 2.34. The predicted molar refractivity (Wildman–Crippen MR) is 135 cm³/mol. The van der Waals surface area contributed by atoms with Crippen LogP contribution in [0.2, 0.25) is 0 Å². The first kappa shape index (κ1) is 27.2. The molecule has 0 saturated heterocycles. The van der Waals surface area contributed by atoms with Crippen LogP contribution in [0.3, 0.4) is 0 Å². The van der Waals surface area contributed by atoms with E-state index in [1.165, 1.54) is 32.0 Å². The number of benzene rings is 1. The molecule has 202 valence electrons. The third-order valence-electron chi connectivity index (χ3n) is 5.63. The van der Waals surface area contributed by atoms with Crippen molar-refractivity contribution in [3.8, 4) is 28.7 Å². The van der Waals surface area contributed by atoms with E-state index in [9.17, 15) is 13.3 Å². The minimum absolute atomic E-state index is 0.0319. The van der Waals surface area contributed by atoms with Crippen LogP contribution in [0.1, 0.15) is 31.0 Å². The number of halogens is 2. The molecule has 0 spiro atoms. The van der Waals surface area contributed by atoms with Gasteiger partial charge >= 0.3 is 6.55 Å². The molecule has 0 radical (unpaired) electrons. The highest BCUT2D eigenvalue weighted by Crippen LogP contribution is 2.38. The van der Waals surface area contributed by atoms with Crippen molar-refractivity contribution < 1.29 is 27.5 Å². The summed E-state index contributed by atoms with van der Waals surface area (Å²) in [5.74, 6) is 0.854. The predicted octanol–water partition coefficient (Wildman–Crippen LogP) is 3.49. The molecule has 3 heterocycles. The molecule has 1 aromatic carbocycles. The smallest absolute Gasteiger partial charge is 0.333 e. The van der Waals surface area contributed by atoms with Gasteiger partial charge in [-0.3, -0.25) is 9.97 Å². The van der Waals surface area contributed by atoms with Crippen LogP contribution in [-0.4, -0.2) is 65.6 Å². The van der Waals surface area contributed by atoms with Crippen molar-refractivity contribution in [1.82, 2.24) is 34.5 Å². The molecule has 0 fully saturated rings. The summed E-state index contributed by atoms with van der Waals surface area (Å²) in [6.07, 6.45) is 3.63. The number of aryl methyl sites for hydroxylation is 1. The number of aromatic nitrogens is 7. The van der Waals surface area contributed by atoms with Gasteiger partial charge in [-0.1, -0.05) is 6.07 Å². The number of nitrogens with one attached hydrogen (secondary N) is 1. The van der Waals surface area contributed by atoms with Crippen LogP contribution >= 0.6 is 0 Å². The van der Waals surface area contributed by atoms with Crippen LogP contribution in [-0.2, 0) is 16.1 Å². The topological polar surface area (TPSA) is 137 Å². The zero-order valence-corrected chi connectivity index (χ0v) is 22.0. The summed E-state index contributed by atoms with van der Waals surface area (Å²) in [4.78, 5) is 8.58. The van der Waals surface area contributed by atoms with E-state index in [4.69, 9.17) is 14.2 Å². The summed E-state index contributed by atoms with van der Waals surface area (Å²) < 4.78 is 61.4. The van der Waals surface area contributed by atoms with Crippen LogP contribution in [0.15, 0.2) is 42.9 Å². The Bertz CT molecular complexity index is 1350. The van der Waals surface area contributed by atoms with Gasteiger partial charge in [0.25, 0.3) is 5.95 Å². The Balaban J connectivity index is 1.77. The van der Waals surface area contributed by atoms with Crippen LogP contribution in [0.25, 0.3) is 17.2 Å². The van der Waals surface area contributed by atoms with Gasteiger partial charge in [-0.2, -0.15) is 18.6 Å². The van der Waals surface area contributed by atoms with Gasteiger partial charge in [0.2, 0.25) is 0 Å². The van der Waals surface area contributed by atoms with Crippen molar-refractivity contribution in [2.45, 2.75) is 31.8 Å². The molecule has 0 bridgehead atoms. The SMILES string of the molecule is COc1cccc(OC)c1-n1c(N[S+]([O-])C(C)C(OC)c2cnc(C)cn2)nnc1-c1ccn(C(F)F)n1. The zero-order valence-electron chi connectivity index (χ0n) is 21.2. The number of ether oxygens (including phenoxy) is 3. The average Bonchev–Trinajstić information content (AvgIpc) is 3.57. The quantitative estimate of drug-likeness (QED) is 0.277. The average molecular weight is 549 g/mol. The molecular formula is C23H26F2N8O4S. The number of para-hydroxylation sites is 1. The first-order chi connectivity index (χ1) is 18.3. The van der Waals surface area contributed by atoms with Gasteiger partial charge in [-0.05, 0) is 32.0 Å². The van der Waals surface area contributed by atoms with Crippen LogP contribution in [0.4, 0.5) is 14.7 Å². The fourth-order valence-corrected chi connectivity index (χ4v) is 4.72. The number of hydrogen-bond donors (Lipinski definition) is 1. The molecule has 3 aromatic heterocycles. The van der Waals surface area contributed by atoms with Gasteiger partial charge < -0.3 is 18.8 Å². The molecule has 0 amide bonds. The van der Waals surface area contributed by atoms with Crippen LogP contribution in [0.5, 0.6) is 11.5 Å². The fraction of sp³-hybridized carbons (Fsp3) is 0.348. The summed E-state index contributed by atoms with van der Waals surface area (Å²) in [6, 6.07) is 6.45. The van der Waals surface area contributed by atoms with Crippen molar-refractivity contribution in [2.24, 2.45) is 0 Å². The molecule has 0 saturated carbocycles. The minimum Gasteiger partial charge on any atom is -0.593 e. The summed E-state index contributed by atoms with van der Waals surface area (Å²) >= 11 is -1.79. The third kappa shape index (κ3) is 5.39. The third-order valence-corrected chi connectivity index (χ3v) is 6.93. The van der Waals surface area contributed by atoms with Crippen molar-refractivity contribution in [2.75, 3.05) is 26.1 Å². The molecular weight excluding hydrogens is 522 g/mol. The second kappa shape index (κ2) is 11.7. The van der Waals surface area contributed by atoms with Gasteiger partial charge in [-0.15, -0.1) is 10.2 Å². The lowest BCUT2D eigenvalue weighted by Gasteiger charge is -2.24. The number of methoxy groups -OCH3 is 3. The summed E-state index contributed by atoms with van der Waals surface area (Å²) in [7, 11) is 4.42. The molecule has 12 nitrogen and oxygen atoms in total.